The third kappa shape index (κ3) is 5.87. The number of aliphatic hydroxyl groups is 2. The van der Waals surface area contributed by atoms with Gasteiger partial charge in [-0.2, -0.15) is 9.97 Å². The molecule has 41 heavy (non-hydrogen) atoms. The molecule has 0 saturated carbocycles. The van der Waals surface area contributed by atoms with Crippen LogP contribution in [0.3, 0.4) is 0 Å². The molecule has 0 amide bonds. The summed E-state index contributed by atoms with van der Waals surface area (Å²) in [6, 6.07) is 1.50. The van der Waals surface area contributed by atoms with Crippen molar-refractivity contribution < 1.29 is 29.0 Å². The Morgan fingerprint density at radius 3 is 2.66 bits per heavy atom. The van der Waals surface area contributed by atoms with E-state index in [1.807, 2.05) is 17.8 Å². The number of esters is 1. The number of imidazole rings is 2. The van der Waals surface area contributed by atoms with Crippen LogP contribution in [0.15, 0.2) is 29.4 Å². The topological polar surface area (TPSA) is 187 Å². The number of aryl methyl sites for hydroxylation is 1. The summed E-state index contributed by atoms with van der Waals surface area (Å²) in [7, 11) is 1.92. The number of aromatic nitrogens is 7. The lowest BCUT2D eigenvalue weighted by atomic mass is 10.1. The highest BCUT2D eigenvalue weighted by Gasteiger charge is 2.47. The van der Waals surface area contributed by atoms with Crippen LogP contribution in [0.5, 0.6) is 0 Å². The summed E-state index contributed by atoms with van der Waals surface area (Å²) in [4.78, 5) is 30.3. The first-order valence-electron chi connectivity index (χ1n) is 13.7. The molecule has 0 bridgehead atoms. The Hall–Kier alpha value is -4.08. The largest absolute Gasteiger partial charge is 0.461 e. The van der Waals surface area contributed by atoms with Crippen molar-refractivity contribution in [1.29, 1.82) is 0 Å². The monoisotopic (exact) mass is 569 g/mol. The Labute approximate surface area is 235 Å². The maximum atomic E-state index is 12.0. The highest BCUT2D eigenvalue weighted by atomic mass is 16.6. The van der Waals surface area contributed by atoms with Gasteiger partial charge in [0.2, 0.25) is 5.95 Å². The molecule has 1 aliphatic rings. The molecule has 1 fully saturated rings. The third-order valence-electron chi connectivity index (χ3n) is 6.98. The molecule has 4 aromatic rings. The van der Waals surface area contributed by atoms with Crippen LogP contribution in [-0.4, -0.2) is 81.8 Å². The maximum absolute atomic E-state index is 12.0. The Bertz CT molecular complexity index is 1480. The van der Waals surface area contributed by atoms with E-state index in [0.29, 0.717) is 35.9 Å². The van der Waals surface area contributed by atoms with Crippen LogP contribution in [0.2, 0.25) is 0 Å². The molecule has 0 spiro atoms. The second-order valence-electron chi connectivity index (χ2n) is 9.85. The molecule has 5 rings (SSSR count). The van der Waals surface area contributed by atoms with Gasteiger partial charge in [0.15, 0.2) is 34.7 Å². The number of aliphatic hydroxyl groups excluding tert-OH is 2. The van der Waals surface area contributed by atoms with Gasteiger partial charge in [-0.3, -0.25) is 4.57 Å². The Kier molecular flexibility index (Phi) is 8.46. The average molecular weight is 570 g/mol. The number of hydrogen-bond acceptors (Lipinski definition) is 13. The summed E-state index contributed by atoms with van der Waals surface area (Å²) < 4.78 is 19.7. The van der Waals surface area contributed by atoms with Gasteiger partial charge in [0.1, 0.15) is 18.3 Å². The van der Waals surface area contributed by atoms with Crippen molar-refractivity contribution >= 4 is 28.9 Å². The van der Waals surface area contributed by atoms with E-state index in [0.717, 1.165) is 18.5 Å². The average Bonchev–Trinajstić information content (AvgIpc) is 3.76. The van der Waals surface area contributed by atoms with Crippen molar-refractivity contribution in [2.24, 2.45) is 7.05 Å². The standard InChI is InChI=1S/C26H35N9O6/c1-5-14(6-2)30-22-18-23(32-26(31-22)27-9-8-15-11-34(4)12-28-15)35(13-29-18)24-20(37)19(36)21(40-24)17-10-16(33-41-17)25(38)39-7-3/h10-14,19-21,24,36-37H,5-9H2,1-4H3,(H2,27,30,31,32)/t19-,20+,21+,24+/m0/s1. The van der Waals surface area contributed by atoms with Crippen LogP contribution in [0.1, 0.15) is 67.9 Å². The molecule has 1 aliphatic heterocycles. The maximum Gasteiger partial charge on any atom is 0.360 e. The van der Waals surface area contributed by atoms with Gasteiger partial charge in [-0.25, -0.2) is 14.8 Å². The van der Waals surface area contributed by atoms with E-state index in [-0.39, 0.29) is 24.1 Å². The first-order valence-corrected chi connectivity index (χ1v) is 13.7. The lowest BCUT2D eigenvalue weighted by Gasteiger charge is -2.18. The van der Waals surface area contributed by atoms with Gasteiger partial charge in [-0.1, -0.05) is 19.0 Å². The quantitative estimate of drug-likeness (QED) is 0.182. The Morgan fingerprint density at radius 1 is 1.15 bits per heavy atom. The van der Waals surface area contributed by atoms with E-state index in [1.165, 1.54) is 12.4 Å². The second kappa shape index (κ2) is 12.2. The van der Waals surface area contributed by atoms with Crippen LogP contribution in [0, 0.1) is 0 Å². The highest BCUT2D eigenvalue weighted by Crippen LogP contribution is 2.40. The van der Waals surface area contributed by atoms with Crippen LogP contribution < -0.4 is 10.6 Å². The molecule has 15 nitrogen and oxygen atoms in total. The lowest BCUT2D eigenvalue weighted by molar-refractivity contribution is -0.0434. The first kappa shape index (κ1) is 28.4. The molecule has 5 heterocycles. The van der Waals surface area contributed by atoms with Gasteiger partial charge in [0.25, 0.3) is 0 Å². The number of ether oxygens (including phenoxy) is 2. The van der Waals surface area contributed by atoms with Gasteiger partial charge in [-0.15, -0.1) is 0 Å². The summed E-state index contributed by atoms with van der Waals surface area (Å²) in [5.74, 6) is 0.322. The molecule has 4 atom stereocenters. The molecule has 4 N–H and O–H groups in total. The normalized spacial score (nSPS) is 20.7. The van der Waals surface area contributed by atoms with Crippen molar-refractivity contribution in [2.75, 3.05) is 23.8 Å². The summed E-state index contributed by atoms with van der Waals surface area (Å²) >= 11 is 0. The molecular formula is C26H35N9O6. The minimum absolute atomic E-state index is 0.0602. The molecule has 0 aliphatic carbocycles. The number of rotatable bonds is 12. The number of nitrogens with zero attached hydrogens (tertiary/aromatic N) is 7. The minimum atomic E-state index is -1.37. The summed E-state index contributed by atoms with van der Waals surface area (Å²) in [6.07, 6.45) is 2.73. The Balaban J connectivity index is 1.43. The van der Waals surface area contributed by atoms with Crippen LogP contribution >= 0.6 is 0 Å². The Morgan fingerprint density at radius 2 is 1.95 bits per heavy atom. The molecule has 4 aromatic heterocycles. The van der Waals surface area contributed by atoms with Crippen molar-refractivity contribution in [1.82, 2.24) is 34.2 Å². The van der Waals surface area contributed by atoms with Crippen LogP contribution in [-0.2, 0) is 22.9 Å². The van der Waals surface area contributed by atoms with E-state index in [1.54, 1.807) is 17.8 Å². The summed E-state index contributed by atoms with van der Waals surface area (Å²) in [5.41, 5.74) is 1.76. The zero-order valence-electron chi connectivity index (χ0n) is 23.4. The van der Waals surface area contributed by atoms with Crippen molar-refractivity contribution in [3.63, 3.8) is 0 Å². The number of anilines is 2. The van der Waals surface area contributed by atoms with E-state index in [4.69, 9.17) is 14.0 Å². The zero-order valence-corrected chi connectivity index (χ0v) is 23.4. The first-order chi connectivity index (χ1) is 19.8. The predicted octanol–water partition coefficient (Wildman–Crippen LogP) is 1.97. The fourth-order valence-electron chi connectivity index (χ4n) is 4.72. The van der Waals surface area contributed by atoms with Crippen molar-refractivity contribution in [3.05, 3.63) is 42.1 Å². The van der Waals surface area contributed by atoms with E-state index >= 15 is 0 Å². The van der Waals surface area contributed by atoms with Gasteiger partial charge < -0.3 is 39.4 Å². The number of carbonyl (C=O) groups excluding carboxylic acids is 1. The fraction of sp³-hybridized carbons (Fsp3) is 0.538. The highest BCUT2D eigenvalue weighted by molar-refractivity contribution is 5.87. The smallest absolute Gasteiger partial charge is 0.360 e. The van der Waals surface area contributed by atoms with E-state index in [2.05, 4.69) is 49.6 Å². The van der Waals surface area contributed by atoms with E-state index in [9.17, 15) is 15.0 Å². The second-order valence-corrected chi connectivity index (χ2v) is 9.85. The van der Waals surface area contributed by atoms with E-state index < -0.39 is 30.5 Å². The molecule has 0 aromatic carbocycles. The molecule has 0 radical (unpaired) electrons. The zero-order chi connectivity index (χ0) is 29.1. The molecule has 0 unspecified atom stereocenters. The predicted molar refractivity (Wildman–Crippen MR) is 146 cm³/mol. The van der Waals surface area contributed by atoms with Crippen LogP contribution in [0.4, 0.5) is 11.8 Å². The summed E-state index contributed by atoms with van der Waals surface area (Å²) in [6.45, 7) is 6.57. The van der Waals surface area contributed by atoms with Gasteiger partial charge in [0, 0.05) is 38.3 Å². The van der Waals surface area contributed by atoms with Crippen LogP contribution in [0.25, 0.3) is 11.2 Å². The minimum Gasteiger partial charge on any atom is -0.461 e. The molecule has 15 heteroatoms. The third-order valence-corrected chi connectivity index (χ3v) is 6.98. The SMILES string of the molecule is CCOC(=O)c1cc([C@H]2O[C@@H](n3cnc4c(NC(CC)CC)nc(NCCc5cn(C)cn5)nc43)[C@H](O)[C@@H]2O)on1. The van der Waals surface area contributed by atoms with Crippen molar-refractivity contribution in [3.8, 4) is 0 Å². The number of hydrogen-bond donors (Lipinski definition) is 4. The fourth-order valence-corrected chi connectivity index (χ4v) is 4.72. The van der Waals surface area contributed by atoms with Gasteiger partial charge >= 0.3 is 5.97 Å². The molecule has 220 valence electrons. The summed E-state index contributed by atoms with van der Waals surface area (Å²) in [5, 5.41) is 32.3. The number of fused-ring (bicyclic) bond motifs is 1. The molecular weight excluding hydrogens is 534 g/mol. The number of carbonyl (C=O) groups is 1. The van der Waals surface area contributed by atoms with Crippen molar-refractivity contribution in [2.45, 2.75) is 70.6 Å². The molecule has 1 saturated heterocycles. The number of nitrogens with one attached hydrogen (secondary N) is 2. The lowest BCUT2D eigenvalue weighted by Crippen LogP contribution is -2.29. The van der Waals surface area contributed by atoms with Gasteiger partial charge in [0.05, 0.1) is 25.0 Å². The van der Waals surface area contributed by atoms with Gasteiger partial charge in [-0.05, 0) is 19.8 Å².